The van der Waals surface area contributed by atoms with Crippen molar-refractivity contribution in [3.05, 3.63) is 85.6 Å². The lowest BCUT2D eigenvalue weighted by atomic mass is 10.1. The molecule has 3 aromatic rings. The molecule has 4 amide bonds. The highest BCUT2D eigenvalue weighted by molar-refractivity contribution is 6.46. The van der Waals surface area contributed by atoms with Crippen LogP contribution in [0.5, 0.6) is 0 Å². The van der Waals surface area contributed by atoms with E-state index in [-0.39, 0.29) is 32.8 Å². The van der Waals surface area contributed by atoms with Crippen LogP contribution in [-0.2, 0) is 9.59 Å². The summed E-state index contributed by atoms with van der Waals surface area (Å²) >= 11 is 12.1. The number of non-ortho nitro benzene ring substituents is 1. The van der Waals surface area contributed by atoms with Gasteiger partial charge in [0.25, 0.3) is 17.5 Å². The molecule has 0 saturated carbocycles. The number of aryl methyl sites for hydroxylation is 1. The summed E-state index contributed by atoms with van der Waals surface area (Å²) in [7, 11) is 0. The fourth-order valence-electron chi connectivity index (χ4n) is 3.25. The number of rotatable bonds is 4. The Kier molecular flexibility index (Phi) is 5.75. The Labute approximate surface area is 196 Å². The molecular formula is C22H13Cl2N3O6. The van der Waals surface area contributed by atoms with Crippen LogP contribution in [0.4, 0.5) is 16.2 Å². The summed E-state index contributed by atoms with van der Waals surface area (Å²) in [6.07, 6.45) is 1.17. The van der Waals surface area contributed by atoms with Gasteiger partial charge in [-0.15, -0.1) is 0 Å². The Morgan fingerprint density at radius 1 is 1.09 bits per heavy atom. The number of furan rings is 1. The van der Waals surface area contributed by atoms with E-state index in [1.807, 2.05) is 0 Å². The first-order valence-electron chi connectivity index (χ1n) is 9.38. The van der Waals surface area contributed by atoms with Gasteiger partial charge < -0.3 is 4.42 Å². The van der Waals surface area contributed by atoms with Crippen molar-refractivity contribution in [2.75, 3.05) is 4.90 Å². The van der Waals surface area contributed by atoms with Crippen LogP contribution >= 0.6 is 23.2 Å². The van der Waals surface area contributed by atoms with Gasteiger partial charge in [0.15, 0.2) is 0 Å². The monoisotopic (exact) mass is 485 g/mol. The summed E-state index contributed by atoms with van der Waals surface area (Å²) in [6, 6.07) is 10.8. The maximum atomic E-state index is 13.0. The molecule has 1 aromatic heterocycles. The predicted octanol–water partition coefficient (Wildman–Crippen LogP) is 5.14. The predicted molar refractivity (Wildman–Crippen MR) is 121 cm³/mol. The summed E-state index contributed by atoms with van der Waals surface area (Å²) in [5, 5.41) is 13.3. The van der Waals surface area contributed by atoms with Gasteiger partial charge in [-0.3, -0.25) is 25.0 Å². The van der Waals surface area contributed by atoms with Crippen LogP contribution in [0.1, 0.15) is 11.3 Å². The molecule has 1 saturated heterocycles. The van der Waals surface area contributed by atoms with Crippen LogP contribution in [0.3, 0.4) is 0 Å². The largest absolute Gasteiger partial charge is 0.457 e. The summed E-state index contributed by atoms with van der Waals surface area (Å²) < 4.78 is 5.71. The molecule has 11 heteroatoms. The molecule has 2 heterocycles. The SMILES string of the molecule is Cc1ccc([N+](=O)[O-])cc1-c1ccc(/C=C2\C(=O)NC(=O)N(c3cccc(Cl)c3Cl)C2=O)o1. The number of halogens is 2. The van der Waals surface area contributed by atoms with E-state index >= 15 is 0 Å². The Morgan fingerprint density at radius 3 is 2.58 bits per heavy atom. The van der Waals surface area contributed by atoms with Gasteiger partial charge in [0.2, 0.25) is 0 Å². The first-order chi connectivity index (χ1) is 15.7. The lowest BCUT2D eigenvalue weighted by molar-refractivity contribution is -0.384. The van der Waals surface area contributed by atoms with Crippen molar-refractivity contribution in [3.8, 4) is 11.3 Å². The van der Waals surface area contributed by atoms with Crippen LogP contribution in [0.2, 0.25) is 10.0 Å². The van der Waals surface area contributed by atoms with Gasteiger partial charge in [-0.05, 0) is 42.8 Å². The molecule has 4 rings (SSSR count). The number of nitrogens with one attached hydrogen (secondary N) is 1. The normalized spacial score (nSPS) is 15.2. The lowest BCUT2D eigenvalue weighted by Gasteiger charge is -2.27. The molecule has 0 spiro atoms. The van der Waals surface area contributed by atoms with Crippen molar-refractivity contribution in [1.82, 2.24) is 5.32 Å². The number of nitro groups is 1. The van der Waals surface area contributed by atoms with Crippen molar-refractivity contribution in [3.63, 3.8) is 0 Å². The maximum Gasteiger partial charge on any atom is 0.336 e. The van der Waals surface area contributed by atoms with Crippen LogP contribution in [0.25, 0.3) is 17.4 Å². The number of carbonyl (C=O) groups excluding carboxylic acids is 3. The Bertz CT molecular complexity index is 1380. The second-order valence-electron chi connectivity index (χ2n) is 6.99. The van der Waals surface area contributed by atoms with Crippen LogP contribution < -0.4 is 10.2 Å². The Hall–Kier alpha value is -3.95. The van der Waals surface area contributed by atoms with E-state index in [1.165, 1.54) is 42.5 Å². The standard InChI is InChI=1S/C22H13Cl2N3O6/c1-11-5-6-12(27(31)32)9-14(11)18-8-7-13(33-18)10-15-20(28)25-22(30)26(21(15)29)17-4-2-3-16(23)19(17)24/h2-10H,1H3,(H,25,28,30)/b15-10+. The van der Waals surface area contributed by atoms with Crippen molar-refractivity contribution in [2.24, 2.45) is 0 Å². The number of carbonyl (C=O) groups is 3. The minimum absolute atomic E-state index is 0.0115. The highest BCUT2D eigenvalue weighted by Gasteiger charge is 2.38. The number of benzene rings is 2. The second kappa shape index (κ2) is 8.53. The third kappa shape index (κ3) is 4.11. The maximum absolute atomic E-state index is 13.0. The molecule has 2 aromatic carbocycles. The molecule has 166 valence electrons. The van der Waals surface area contributed by atoms with Gasteiger partial charge in [0.1, 0.15) is 17.1 Å². The van der Waals surface area contributed by atoms with Crippen LogP contribution in [0.15, 0.2) is 58.5 Å². The smallest absolute Gasteiger partial charge is 0.336 e. The van der Waals surface area contributed by atoms with Crippen LogP contribution in [0, 0.1) is 17.0 Å². The molecule has 1 aliphatic heterocycles. The first-order valence-corrected chi connectivity index (χ1v) is 10.1. The Balaban J connectivity index is 1.72. The van der Waals surface area contributed by atoms with E-state index < -0.39 is 22.8 Å². The molecule has 0 atom stereocenters. The number of imide groups is 2. The minimum atomic E-state index is -0.973. The van der Waals surface area contributed by atoms with Crippen molar-refractivity contribution < 1.29 is 23.7 Å². The molecule has 33 heavy (non-hydrogen) atoms. The van der Waals surface area contributed by atoms with E-state index in [0.29, 0.717) is 16.2 Å². The zero-order chi connectivity index (χ0) is 23.9. The molecule has 0 unspecified atom stereocenters. The molecule has 0 aliphatic carbocycles. The molecule has 0 radical (unpaired) electrons. The highest BCUT2D eigenvalue weighted by Crippen LogP contribution is 2.35. The van der Waals surface area contributed by atoms with Crippen molar-refractivity contribution in [1.29, 1.82) is 0 Å². The molecule has 1 aliphatic rings. The fourth-order valence-corrected chi connectivity index (χ4v) is 3.63. The second-order valence-corrected chi connectivity index (χ2v) is 7.77. The summed E-state index contributed by atoms with van der Waals surface area (Å²) in [4.78, 5) is 49.0. The molecule has 0 bridgehead atoms. The van der Waals surface area contributed by atoms with Gasteiger partial charge in [-0.1, -0.05) is 35.3 Å². The van der Waals surface area contributed by atoms with Gasteiger partial charge in [0, 0.05) is 17.7 Å². The van der Waals surface area contributed by atoms with E-state index in [4.69, 9.17) is 27.6 Å². The van der Waals surface area contributed by atoms with E-state index in [9.17, 15) is 24.5 Å². The summed E-state index contributed by atoms with van der Waals surface area (Å²) in [5.74, 6) is -1.40. The molecule has 1 fully saturated rings. The highest BCUT2D eigenvalue weighted by atomic mass is 35.5. The topological polar surface area (TPSA) is 123 Å². The molecular weight excluding hydrogens is 473 g/mol. The quantitative estimate of drug-likeness (QED) is 0.236. The number of anilines is 1. The summed E-state index contributed by atoms with van der Waals surface area (Å²) in [5.41, 5.74) is 0.741. The third-order valence-corrected chi connectivity index (χ3v) is 5.69. The number of hydrogen-bond acceptors (Lipinski definition) is 6. The van der Waals surface area contributed by atoms with Crippen LogP contribution in [-0.4, -0.2) is 22.8 Å². The van der Waals surface area contributed by atoms with Gasteiger partial charge in [0.05, 0.1) is 20.7 Å². The van der Waals surface area contributed by atoms with Gasteiger partial charge in [-0.25, -0.2) is 9.69 Å². The molecule has 9 nitrogen and oxygen atoms in total. The third-order valence-electron chi connectivity index (χ3n) is 4.88. The van der Waals surface area contributed by atoms with Gasteiger partial charge in [-0.2, -0.15) is 0 Å². The zero-order valence-corrected chi connectivity index (χ0v) is 18.3. The first kappa shape index (κ1) is 22.3. The number of nitrogens with zero attached hydrogens (tertiary/aromatic N) is 2. The average molecular weight is 486 g/mol. The van der Waals surface area contributed by atoms with E-state index in [0.717, 1.165) is 5.56 Å². The van der Waals surface area contributed by atoms with Crippen molar-refractivity contribution in [2.45, 2.75) is 6.92 Å². The van der Waals surface area contributed by atoms with E-state index in [1.54, 1.807) is 19.1 Å². The minimum Gasteiger partial charge on any atom is -0.457 e. The number of urea groups is 1. The number of nitro benzene ring substituents is 1. The fraction of sp³-hybridized carbons (Fsp3) is 0.0455. The lowest BCUT2D eigenvalue weighted by Crippen LogP contribution is -2.54. The summed E-state index contributed by atoms with van der Waals surface area (Å²) in [6.45, 7) is 1.76. The Morgan fingerprint density at radius 2 is 1.85 bits per heavy atom. The van der Waals surface area contributed by atoms with Crippen molar-refractivity contribution >= 4 is 58.5 Å². The number of hydrogen-bond donors (Lipinski definition) is 1. The van der Waals surface area contributed by atoms with Gasteiger partial charge >= 0.3 is 6.03 Å². The average Bonchev–Trinajstić information content (AvgIpc) is 3.22. The number of amides is 4. The number of barbiturate groups is 1. The van der Waals surface area contributed by atoms with E-state index in [2.05, 4.69) is 5.32 Å². The zero-order valence-electron chi connectivity index (χ0n) is 16.8. The molecule has 1 N–H and O–H groups in total.